The zero-order chi connectivity index (χ0) is 23.9. The Morgan fingerprint density at radius 2 is 1.97 bits per heavy atom. The number of nitrogens with zero attached hydrogens (tertiary/aromatic N) is 2. The van der Waals surface area contributed by atoms with Crippen molar-refractivity contribution in [3.8, 4) is 17.2 Å². The largest absolute Gasteiger partial charge is 0.497 e. The van der Waals surface area contributed by atoms with Crippen molar-refractivity contribution in [3.05, 3.63) is 90.1 Å². The van der Waals surface area contributed by atoms with E-state index >= 15 is 0 Å². The van der Waals surface area contributed by atoms with Crippen molar-refractivity contribution >= 4 is 23.5 Å². The molecule has 0 saturated heterocycles. The second kappa shape index (κ2) is 10.8. The number of thioether (sulfide) groups is 1. The number of amides is 1. The number of imidazole rings is 1. The van der Waals surface area contributed by atoms with Crippen LogP contribution < -0.4 is 14.8 Å². The van der Waals surface area contributed by atoms with Crippen LogP contribution in [-0.4, -0.2) is 41.2 Å². The van der Waals surface area contributed by atoms with Crippen LogP contribution in [-0.2, 0) is 6.54 Å². The van der Waals surface area contributed by atoms with Crippen LogP contribution in [0.1, 0.15) is 26.5 Å². The number of hydrogen-bond acceptors (Lipinski definition) is 7. The van der Waals surface area contributed by atoms with Gasteiger partial charge in [-0.1, -0.05) is 17.8 Å². The summed E-state index contributed by atoms with van der Waals surface area (Å²) in [5.41, 5.74) is 1.71. The lowest BCUT2D eigenvalue weighted by Crippen LogP contribution is -2.22. The first-order valence-corrected chi connectivity index (χ1v) is 11.4. The van der Waals surface area contributed by atoms with E-state index in [0.29, 0.717) is 40.1 Å². The Balaban J connectivity index is 1.46. The Morgan fingerprint density at radius 1 is 1.09 bits per heavy atom. The summed E-state index contributed by atoms with van der Waals surface area (Å²) in [6.45, 7) is 0.304. The van der Waals surface area contributed by atoms with E-state index in [1.54, 1.807) is 74.3 Å². The standard InChI is InChI=1S/C25H23N3O5S/c1-31-19-8-9-23(32-2)21(14-19)22(29)16-34-25-26-10-11-28(25)18-6-3-5-17(13-18)24(30)27-15-20-7-4-12-33-20/h3-14H,15-16H2,1-2H3,(H,27,30). The number of aromatic nitrogens is 2. The Labute approximate surface area is 200 Å². The third kappa shape index (κ3) is 5.32. The Bertz CT molecular complexity index is 1280. The first-order valence-electron chi connectivity index (χ1n) is 10.4. The summed E-state index contributed by atoms with van der Waals surface area (Å²) in [7, 11) is 3.07. The maximum absolute atomic E-state index is 12.9. The minimum Gasteiger partial charge on any atom is -0.497 e. The van der Waals surface area contributed by atoms with Gasteiger partial charge in [0, 0.05) is 23.6 Å². The molecule has 0 fully saturated rings. The van der Waals surface area contributed by atoms with Crippen molar-refractivity contribution in [2.75, 3.05) is 20.0 Å². The van der Waals surface area contributed by atoms with Crippen LogP contribution in [0.2, 0.25) is 0 Å². The fraction of sp³-hybridized carbons (Fsp3) is 0.160. The Morgan fingerprint density at radius 3 is 2.74 bits per heavy atom. The molecule has 0 aliphatic heterocycles. The summed E-state index contributed by atoms with van der Waals surface area (Å²) in [5, 5.41) is 3.47. The SMILES string of the molecule is COc1ccc(OC)c(C(=O)CSc2nccn2-c2cccc(C(=O)NCc3ccco3)c2)c1. The van der Waals surface area contributed by atoms with Gasteiger partial charge < -0.3 is 19.2 Å². The van der Waals surface area contributed by atoms with Crippen LogP contribution in [0.4, 0.5) is 0 Å². The molecule has 4 rings (SSSR count). The highest BCUT2D eigenvalue weighted by molar-refractivity contribution is 7.99. The minimum absolute atomic E-state index is 0.110. The third-order valence-electron chi connectivity index (χ3n) is 5.04. The summed E-state index contributed by atoms with van der Waals surface area (Å²) in [5.74, 6) is 1.58. The number of ether oxygens (including phenoxy) is 2. The van der Waals surface area contributed by atoms with E-state index in [1.165, 1.54) is 18.9 Å². The summed E-state index contributed by atoms with van der Waals surface area (Å²) < 4.78 is 17.6. The zero-order valence-corrected chi connectivity index (χ0v) is 19.5. The number of carbonyl (C=O) groups is 2. The van der Waals surface area contributed by atoms with E-state index < -0.39 is 0 Å². The maximum atomic E-state index is 12.9. The van der Waals surface area contributed by atoms with E-state index in [-0.39, 0.29) is 17.4 Å². The van der Waals surface area contributed by atoms with Crippen molar-refractivity contribution in [2.24, 2.45) is 0 Å². The summed E-state index contributed by atoms with van der Waals surface area (Å²) in [4.78, 5) is 29.9. The number of carbonyl (C=O) groups excluding carboxylic acids is 2. The molecule has 0 saturated carbocycles. The second-order valence-corrected chi connectivity index (χ2v) is 8.11. The van der Waals surface area contributed by atoms with Crippen molar-refractivity contribution in [3.63, 3.8) is 0 Å². The molecule has 2 aromatic carbocycles. The van der Waals surface area contributed by atoms with Gasteiger partial charge in [-0.2, -0.15) is 0 Å². The molecule has 0 atom stereocenters. The predicted octanol–water partition coefficient (Wildman–Crippen LogP) is 4.39. The van der Waals surface area contributed by atoms with Gasteiger partial charge >= 0.3 is 0 Å². The van der Waals surface area contributed by atoms with Crippen LogP contribution in [0, 0.1) is 0 Å². The number of nitrogens with one attached hydrogen (secondary N) is 1. The monoisotopic (exact) mass is 477 g/mol. The molecule has 0 radical (unpaired) electrons. The summed E-state index contributed by atoms with van der Waals surface area (Å²) in [6.07, 6.45) is 5.01. The molecule has 2 aromatic heterocycles. The molecule has 0 spiro atoms. The molecule has 1 N–H and O–H groups in total. The van der Waals surface area contributed by atoms with Crippen LogP contribution >= 0.6 is 11.8 Å². The molecule has 0 aliphatic rings. The van der Waals surface area contributed by atoms with Gasteiger partial charge in [-0.25, -0.2) is 4.98 Å². The molecule has 0 unspecified atom stereocenters. The quantitative estimate of drug-likeness (QED) is 0.267. The van der Waals surface area contributed by atoms with Gasteiger partial charge in [0.15, 0.2) is 10.9 Å². The van der Waals surface area contributed by atoms with E-state index in [0.717, 1.165) is 5.69 Å². The van der Waals surface area contributed by atoms with Gasteiger partial charge in [0.2, 0.25) is 0 Å². The van der Waals surface area contributed by atoms with Crippen molar-refractivity contribution in [2.45, 2.75) is 11.7 Å². The number of benzene rings is 2. The molecule has 1 amide bonds. The Kier molecular flexibility index (Phi) is 7.34. The molecule has 4 aromatic rings. The second-order valence-electron chi connectivity index (χ2n) is 7.17. The molecule has 174 valence electrons. The number of rotatable bonds is 10. The fourth-order valence-corrected chi connectivity index (χ4v) is 4.17. The van der Waals surface area contributed by atoms with Crippen LogP contribution in [0.15, 0.2) is 82.8 Å². The molecule has 0 bridgehead atoms. The van der Waals surface area contributed by atoms with Gasteiger partial charge in [-0.3, -0.25) is 14.2 Å². The lowest BCUT2D eigenvalue weighted by Gasteiger charge is -2.11. The van der Waals surface area contributed by atoms with Gasteiger partial charge in [0.25, 0.3) is 5.91 Å². The molecule has 8 nitrogen and oxygen atoms in total. The molecular weight excluding hydrogens is 454 g/mol. The average molecular weight is 478 g/mol. The zero-order valence-electron chi connectivity index (χ0n) is 18.7. The van der Waals surface area contributed by atoms with Crippen molar-refractivity contribution < 1.29 is 23.5 Å². The highest BCUT2D eigenvalue weighted by Gasteiger charge is 2.16. The molecule has 2 heterocycles. The van der Waals surface area contributed by atoms with E-state index in [1.807, 2.05) is 10.6 Å². The highest BCUT2D eigenvalue weighted by Crippen LogP contribution is 2.27. The van der Waals surface area contributed by atoms with Gasteiger partial charge in [-0.05, 0) is 48.5 Å². The van der Waals surface area contributed by atoms with E-state index in [2.05, 4.69) is 10.3 Å². The van der Waals surface area contributed by atoms with Gasteiger partial charge in [0.1, 0.15) is 17.3 Å². The normalized spacial score (nSPS) is 10.6. The van der Waals surface area contributed by atoms with Crippen molar-refractivity contribution in [1.82, 2.24) is 14.9 Å². The topological polar surface area (TPSA) is 95.6 Å². The van der Waals surface area contributed by atoms with E-state index in [4.69, 9.17) is 13.9 Å². The maximum Gasteiger partial charge on any atom is 0.251 e. The predicted molar refractivity (Wildman–Crippen MR) is 128 cm³/mol. The number of Topliss-reactive ketones (excluding diaryl/α,β-unsaturated/α-hetero) is 1. The number of ketones is 1. The van der Waals surface area contributed by atoms with Gasteiger partial charge in [0.05, 0.1) is 38.3 Å². The average Bonchev–Trinajstić information content (AvgIpc) is 3.57. The molecular formula is C25H23N3O5S. The Hall–Kier alpha value is -3.98. The van der Waals surface area contributed by atoms with Gasteiger partial charge in [-0.15, -0.1) is 0 Å². The van der Waals surface area contributed by atoms with E-state index in [9.17, 15) is 9.59 Å². The first-order chi connectivity index (χ1) is 16.6. The molecule has 0 aliphatic carbocycles. The fourth-order valence-electron chi connectivity index (χ4n) is 3.31. The smallest absolute Gasteiger partial charge is 0.251 e. The van der Waals surface area contributed by atoms with Crippen molar-refractivity contribution in [1.29, 1.82) is 0 Å². The number of hydrogen-bond donors (Lipinski definition) is 1. The lowest BCUT2D eigenvalue weighted by atomic mass is 10.1. The third-order valence-corrected chi connectivity index (χ3v) is 6.00. The number of furan rings is 1. The minimum atomic E-state index is -0.215. The molecule has 9 heteroatoms. The summed E-state index contributed by atoms with van der Waals surface area (Å²) in [6, 6.07) is 15.9. The highest BCUT2D eigenvalue weighted by atomic mass is 32.2. The summed E-state index contributed by atoms with van der Waals surface area (Å²) >= 11 is 1.30. The first kappa shape index (κ1) is 23.2. The van der Waals surface area contributed by atoms with Crippen LogP contribution in [0.3, 0.4) is 0 Å². The molecule has 34 heavy (non-hydrogen) atoms. The van der Waals surface area contributed by atoms with Crippen LogP contribution in [0.25, 0.3) is 5.69 Å². The number of methoxy groups -OCH3 is 2. The lowest BCUT2D eigenvalue weighted by molar-refractivity contribution is 0.0947. The van der Waals surface area contributed by atoms with Crippen LogP contribution in [0.5, 0.6) is 11.5 Å².